The van der Waals surface area contributed by atoms with Gasteiger partial charge in [-0.3, -0.25) is 0 Å². The second kappa shape index (κ2) is 6.70. The molecule has 5 nitrogen and oxygen atoms in total. The van der Waals surface area contributed by atoms with Crippen molar-refractivity contribution in [2.75, 3.05) is 6.54 Å². The molecule has 0 aromatic carbocycles. The van der Waals surface area contributed by atoms with Crippen LogP contribution in [0.3, 0.4) is 0 Å². The largest absolute Gasteiger partial charge is 0.444 e. The molecule has 0 aliphatic carbocycles. The monoisotopic (exact) mass is 271 g/mol. The lowest BCUT2D eigenvalue weighted by atomic mass is 10.2. The Morgan fingerprint density at radius 2 is 2.28 bits per heavy atom. The van der Waals surface area contributed by atoms with E-state index in [2.05, 4.69) is 15.6 Å². The molecule has 0 bridgehead atoms. The predicted octanol–water partition coefficient (Wildman–Crippen LogP) is 2.15. The van der Waals surface area contributed by atoms with E-state index in [1.807, 2.05) is 33.1 Å². The number of hydrogen-bond donors (Lipinski definition) is 2. The number of thiazole rings is 1. The Balaban J connectivity index is 2.17. The highest BCUT2D eigenvalue weighted by Gasteiger charge is 2.17. The molecule has 18 heavy (non-hydrogen) atoms. The number of carbonyl (C=O) groups is 1. The molecule has 0 aliphatic rings. The zero-order valence-corrected chi connectivity index (χ0v) is 12.1. The van der Waals surface area contributed by atoms with Crippen LogP contribution in [0.15, 0.2) is 11.6 Å². The van der Waals surface area contributed by atoms with Gasteiger partial charge in [0.15, 0.2) is 0 Å². The summed E-state index contributed by atoms with van der Waals surface area (Å²) in [7, 11) is 0. The van der Waals surface area contributed by atoms with Gasteiger partial charge < -0.3 is 15.4 Å². The van der Waals surface area contributed by atoms with E-state index < -0.39 is 5.60 Å². The highest BCUT2D eigenvalue weighted by Crippen LogP contribution is 2.06. The molecule has 1 aromatic rings. The molecule has 1 amide bonds. The highest BCUT2D eigenvalue weighted by atomic mass is 32.1. The molecule has 0 spiro atoms. The molecule has 6 heteroatoms. The lowest BCUT2D eigenvalue weighted by molar-refractivity contribution is 0.0508. The average molecular weight is 271 g/mol. The van der Waals surface area contributed by atoms with Gasteiger partial charge in [0.1, 0.15) is 10.6 Å². The van der Waals surface area contributed by atoms with Gasteiger partial charge in [0.2, 0.25) is 0 Å². The fourth-order valence-corrected chi connectivity index (χ4v) is 1.88. The number of rotatable bonds is 5. The molecule has 0 fully saturated rings. The molecule has 0 aliphatic heterocycles. The first-order chi connectivity index (χ1) is 8.37. The molecule has 2 N–H and O–H groups in total. The number of ether oxygens (including phenoxy) is 1. The van der Waals surface area contributed by atoms with Gasteiger partial charge in [-0.25, -0.2) is 9.78 Å². The molecule has 0 radical (unpaired) electrons. The van der Waals surface area contributed by atoms with Crippen molar-refractivity contribution in [3.8, 4) is 0 Å². The Morgan fingerprint density at radius 1 is 1.56 bits per heavy atom. The van der Waals surface area contributed by atoms with E-state index in [0.717, 1.165) is 11.6 Å². The van der Waals surface area contributed by atoms with Crippen molar-refractivity contribution in [1.29, 1.82) is 0 Å². The second-order valence-electron chi connectivity index (χ2n) is 5.10. The van der Waals surface area contributed by atoms with E-state index in [1.54, 1.807) is 17.5 Å². The Labute approximate surface area is 112 Å². The molecule has 1 unspecified atom stereocenters. The van der Waals surface area contributed by atoms with Gasteiger partial charge in [-0.2, -0.15) is 0 Å². The van der Waals surface area contributed by atoms with E-state index in [9.17, 15) is 4.79 Å². The summed E-state index contributed by atoms with van der Waals surface area (Å²) in [4.78, 5) is 15.7. The zero-order valence-electron chi connectivity index (χ0n) is 11.3. The Bertz CT molecular complexity index is 360. The van der Waals surface area contributed by atoms with Crippen LogP contribution in [0.2, 0.25) is 0 Å². The van der Waals surface area contributed by atoms with E-state index in [1.165, 1.54) is 0 Å². The van der Waals surface area contributed by atoms with Gasteiger partial charge in [0.25, 0.3) is 0 Å². The van der Waals surface area contributed by atoms with Gasteiger partial charge >= 0.3 is 6.09 Å². The minimum absolute atomic E-state index is 0.0137. The lowest BCUT2D eigenvalue weighted by Gasteiger charge is -2.22. The van der Waals surface area contributed by atoms with Crippen LogP contribution in [0.4, 0.5) is 4.79 Å². The number of nitrogens with zero attached hydrogens (tertiary/aromatic N) is 1. The van der Waals surface area contributed by atoms with Crippen LogP contribution >= 0.6 is 11.3 Å². The number of nitrogens with one attached hydrogen (secondary N) is 2. The summed E-state index contributed by atoms with van der Waals surface area (Å²) < 4.78 is 5.17. The zero-order chi connectivity index (χ0) is 13.6. The fraction of sp³-hybridized carbons (Fsp3) is 0.667. The van der Waals surface area contributed by atoms with Crippen molar-refractivity contribution in [3.05, 3.63) is 16.6 Å². The van der Waals surface area contributed by atoms with E-state index >= 15 is 0 Å². The summed E-state index contributed by atoms with van der Waals surface area (Å²) in [5.41, 5.74) is -0.460. The van der Waals surface area contributed by atoms with Gasteiger partial charge in [-0.15, -0.1) is 11.3 Å². The SMILES string of the molecule is CC(CNCc1nccs1)NC(=O)OC(C)(C)C. The summed E-state index contributed by atoms with van der Waals surface area (Å²) in [6.07, 6.45) is 1.40. The van der Waals surface area contributed by atoms with Crippen molar-refractivity contribution >= 4 is 17.4 Å². The number of alkyl carbamates (subject to hydrolysis) is 1. The topological polar surface area (TPSA) is 63.2 Å². The van der Waals surface area contributed by atoms with Crippen molar-refractivity contribution in [3.63, 3.8) is 0 Å². The van der Waals surface area contributed by atoms with Crippen molar-refractivity contribution < 1.29 is 9.53 Å². The van der Waals surface area contributed by atoms with E-state index in [-0.39, 0.29) is 12.1 Å². The third-order valence-electron chi connectivity index (χ3n) is 1.97. The molecule has 1 heterocycles. The van der Waals surface area contributed by atoms with Gasteiger partial charge in [-0.1, -0.05) is 0 Å². The van der Waals surface area contributed by atoms with Gasteiger partial charge in [0.05, 0.1) is 0 Å². The molecule has 0 saturated heterocycles. The van der Waals surface area contributed by atoms with Crippen molar-refractivity contribution in [2.45, 2.75) is 45.9 Å². The lowest BCUT2D eigenvalue weighted by Crippen LogP contribution is -2.42. The summed E-state index contributed by atoms with van der Waals surface area (Å²) >= 11 is 1.61. The van der Waals surface area contributed by atoms with Crippen LogP contribution in [0.1, 0.15) is 32.7 Å². The third-order valence-corrected chi connectivity index (χ3v) is 2.75. The molecule has 1 rings (SSSR count). The van der Waals surface area contributed by atoms with Crippen LogP contribution < -0.4 is 10.6 Å². The summed E-state index contributed by atoms with van der Waals surface area (Å²) in [6, 6.07) is 0.0137. The van der Waals surface area contributed by atoms with Crippen LogP contribution in [0.25, 0.3) is 0 Å². The van der Waals surface area contributed by atoms with Gasteiger partial charge in [0, 0.05) is 30.7 Å². The maximum absolute atomic E-state index is 11.5. The summed E-state index contributed by atoms with van der Waals surface area (Å²) in [5.74, 6) is 0. The number of hydrogen-bond acceptors (Lipinski definition) is 5. The van der Waals surface area contributed by atoms with Crippen LogP contribution in [0, 0.1) is 0 Å². The van der Waals surface area contributed by atoms with Crippen molar-refractivity contribution in [2.24, 2.45) is 0 Å². The Kier molecular flexibility index (Phi) is 5.55. The van der Waals surface area contributed by atoms with Crippen LogP contribution in [-0.4, -0.2) is 29.3 Å². The highest BCUT2D eigenvalue weighted by molar-refractivity contribution is 7.09. The molecule has 1 atom stereocenters. The first-order valence-corrected chi connectivity index (χ1v) is 6.83. The molecular formula is C12H21N3O2S. The molecule has 0 saturated carbocycles. The van der Waals surface area contributed by atoms with E-state index in [4.69, 9.17) is 4.74 Å². The molecule has 102 valence electrons. The fourth-order valence-electron chi connectivity index (χ4n) is 1.30. The molecular weight excluding hydrogens is 250 g/mol. The Hall–Kier alpha value is -1.14. The second-order valence-corrected chi connectivity index (χ2v) is 6.08. The average Bonchev–Trinajstić information content (AvgIpc) is 2.66. The number of carbonyl (C=O) groups excluding carboxylic acids is 1. The minimum atomic E-state index is -0.460. The molecule has 1 aromatic heterocycles. The van der Waals surface area contributed by atoms with Crippen LogP contribution in [-0.2, 0) is 11.3 Å². The smallest absolute Gasteiger partial charge is 0.407 e. The Morgan fingerprint density at radius 3 is 2.83 bits per heavy atom. The van der Waals surface area contributed by atoms with Gasteiger partial charge in [-0.05, 0) is 27.7 Å². The summed E-state index contributed by atoms with van der Waals surface area (Å²) in [6.45, 7) is 8.86. The quantitative estimate of drug-likeness (QED) is 0.861. The first-order valence-electron chi connectivity index (χ1n) is 5.95. The first kappa shape index (κ1) is 14.9. The normalized spacial score (nSPS) is 13.1. The number of aromatic nitrogens is 1. The third kappa shape index (κ3) is 6.56. The summed E-state index contributed by atoms with van der Waals surface area (Å²) in [5, 5.41) is 8.99. The maximum Gasteiger partial charge on any atom is 0.407 e. The van der Waals surface area contributed by atoms with Crippen molar-refractivity contribution in [1.82, 2.24) is 15.6 Å². The standard InChI is InChI=1S/C12H21N3O2S/c1-9(15-11(16)17-12(2,3)4)7-13-8-10-14-5-6-18-10/h5-6,9,13H,7-8H2,1-4H3,(H,15,16). The van der Waals surface area contributed by atoms with Crippen LogP contribution in [0.5, 0.6) is 0 Å². The predicted molar refractivity (Wildman–Crippen MR) is 72.7 cm³/mol. The minimum Gasteiger partial charge on any atom is -0.444 e. The van der Waals surface area contributed by atoms with E-state index in [0.29, 0.717) is 6.54 Å². The number of amides is 1. The maximum atomic E-state index is 11.5.